The highest BCUT2D eigenvalue weighted by Crippen LogP contribution is 2.24. The van der Waals surface area contributed by atoms with Gasteiger partial charge in [-0.25, -0.2) is 9.78 Å². The van der Waals surface area contributed by atoms with E-state index in [2.05, 4.69) is 17.2 Å². The van der Waals surface area contributed by atoms with E-state index in [0.717, 1.165) is 49.9 Å². The lowest BCUT2D eigenvalue weighted by Gasteiger charge is -2.18. The van der Waals surface area contributed by atoms with Crippen LogP contribution in [0.15, 0.2) is 6.07 Å². The molecule has 0 fully saturated rings. The Bertz CT molecular complexity index is 472. The van der Waals surface area contributed by atoms with E-state index in [1.54, 1.807) is 0 Å². The maximum Gasteiger partial charge on any atom is 0.339 e. The minimum absolute atomic E-state index is 0.321. The maximum absolute atomic E-state index is 11.4. The fourth-order valence-corrected chi connectivity index (χ4v) is 2.69. The van der Waals surface area contributed by atoms with Gasteiger partial charge in [-0.2, -0.15) is 0 Å². The number of fused-ring (bicyclic) bond motifs is 1. The molecule has 0 unspecified atom stereocenters. The van der Waals surface area contributed by atoms with Gasteiger partial charge in [-0.1, -0.05) is 26.2 Å². The number of nitrogens with one attached hydrogen (secondary N) is 1. The molecule has 0 radical (unpaired) electrons. The number of aromatic carboxylic acids is 1. The third kappa shape index (κ3) is 3.71. The van der Waals surface area contributed by atoms with E-state index >= 15 is 0 Å². The molecule has 2 N–H and O–H groups in total. The number of aryl methyl sites for hydroxylation is 2. The first-order valence-corrected chi connectivity index (χ1v) is 7.72. The highest BCUT2D eigenvalue weighted by molar-refractivity contribution is 5.93. The molecule has 0 bridgehead atoms. The van der Waals surface area contributed by atoms with E-state index in [1.807, 2.05) is 6.07 Å². The molecule has 2 rings (SSSR count). The fourth-order valence-electron chi connectivity index (χ4n) is 2.69. The van der Waals surface area contributed by atoms with Gasteiger partial charge in [-0.15, -0.1) is 0 Å². The summed E-state index contributed by atoms with van der Waals surface area (Å²) in [5.74, 6) is -0.336. The van der Waals surface area contributed by atoms with Crippen molar-refractivity contribution in [1.82, 2.24) is 4.98 Å². The lowest BCUT2D eigenvalue weighted by molar-refractivity contribution is 0.0697. The van der Waals surface area contributed by atoms with Crippen LogP contribution in [0.2, 0.25) is 0 Å². The molecule has 4 heteroatoms. The topological polar surface area (TPSA) is 62.2 Å². The molecule has 20 heavy (non-hydrogen) atoms. The molecule has 0 saturated heterocycles. The van der Waals surface area contributed by atoms with Gasteiger partial charge in [0, 0.05) is 12.2 Å². The average molecular weight is 276 g/mol. The number of carboxylic acid groups (broad SMARTS) is 1. The Balaban J connectivity index is 2.07. The summed E-state index contributed by atoms with van der Waals surface area (Å²) >= 11 is 0. The van der Waals surface area contributed by atoms with Crippen LogP contribution in [0.4, 0.5) is 5.82 Å². The van der Waals surface area contributed by atoms with Gasteiger partial charge in [0.25, 0.3) is 0 Å². The van der Waals surface area contributed by atoms with Crippen LogP contribution in [0, 0.1) is 0 Å². The van der Waals surface area contributed by atoms with Crippen molar-refractivity contribution in [3.8, 4) is 0 Å². The van der Waals surface area contributed by atoms with Gasteiger partial charge in [-0.05, 0) is 43.7 Å². The van der Waals surface area contributed by atoms with Gasteiger partial charge in [0.1, 0.15) is 11.4 Å². The first kappa shape index (κ1) is 14.8. The Hall–Kier alpha value is -1.58. The predicted octanol–water partition coefficient (Wildman–Crippen LogP) is 3.65. The summed E-state index contributed by atoms with van der Waals surface area (Å²) in [6, 6.07) is 1.82. The van der Waals surface area contributed by atoms with E-state index < -0.39 is 5.97 Å². The summed E-state index contributed by atoms with van der Waals surface area (Å²) in [4.78, 5) is 15.9. The Morgan fingerprint density at radius 2 is 2.10 bits per heavy atom. The highest BCUT2D eigenvalue weighted by Gasteiger charge is 2.18. The summed E-state index contributed by atoms with van der Waals surface area (Å²) in [5.41, 5.74) is 2.52. The molecule has 0 aromatic carbocycles. The SMILES string of the molecule is CCCCCCNc1nc2c(cc1C(=O)O)CCCC2. The van der Waals surface area contributed by atoms with Crippen molar-refractivity contribution >= 4 is 11.8 Å². The van der Waals surface area contributed by atoms with Gasteiger partial charge in [0.05, 0.1) is 0 Å². The second kappa shape index (κ2) is 7.27. The van der Waals surface area contributed by atoms with E-state index in [9.17, 15) is 9.90 Å². The highest BCUT2D eigenvalue weighted by atomic mass is 16.4. The summed E-state index contributed by atoms with van der Waals surface area (Å²) in [6.45, 7) is 2.98. The van der Waals surface area contributed by atoms with Crippen molar-refractivity contribution in [3.63, 3.8) is 0 Å². The average Bonchev–Trinajstić information content (AvgIpc) is 2.46. The van der Waals surface area contributed by atoms with Gasteiger partial charge in [0.2, 0.25) is 0 Å². The van der Waals surface area contributed by atoms with Crippen LogP contribution in [0.3, 0.4) is 0 Å². The van der Waals surface area contributed by atoms with Crippen LogP contribution < -0.4 is 5.32 Å². The fraction of sp³-hybridized carbons (Fsp3) is 0.625. The number of unbranched alkanes of at least 4 members (excludes halogenated alkanes) is 3. The Morgan fingerprint density at radius 3 is 2.85 bits per heavy atom. The maximum atomic E-state index is 11.4. The van der Waals surface area contributed by atoms with E-state index in [-0.39, 0.29) is 0 Å². The Morgan fingerprint density at radius 1 is 1.30 bits per heavy atom. The number of pyridine rings is 1. The molecule has 0 aliphatic heterocycles. The quantitative estimate of drug-likeness (QED) is 0.746. The molecule has 1 aromatic heterocycles. The zero-order valence-electron chi connectivity index (χ0n) is 12.2. The molecule has 0 amide bonds. The van der Waals surface area contributed by atoms with Crippen molar-refractivity contribution in [1.29, 1.82) is 0 Å². The second-order valence-electron chi connectivity index (χ2n) is 5.49. The normalized spacial score (nSPS) is 13.8. The lowest BCUT2D eigenvalue weighted by Crippen LogP contribution is -2.14. The van der Waals surface area contributed by atoms with E-state index in [1.165, 1.54) is 19.3 Å². The second-order valence-corrected chi connectivity index (χ2v) is 5.49. The first-order chi connectivity index (χ1) is 9.72. The number of nitrogens with zero attached hydrogens (tertiary/aromatic N) is 1. The summed E-state index contributed by atoms with van der Waals surface area (Å²) in [7, 11) is 0. The van der Waals surface area contributed by atoms with Gasteiger partial charge < -0.3 is 10.4 Å². The van der Waals surface area contributed by atoms with Crippen molar-refractivity contribution < 1.29 is 9.90 Å². The van der Waals surface area contributed by atoms with Gasteiger partial charge in [0.15, 0.2) is 0 Å². The van der Waals surface area contributed by atoms with Crippen molar-refractivity contribution in [2.75, 3.05) is 11.9 Å². The van der Waals surface area contributed by atoms with Gasteiger partial charge in [-0.3, -0.25) is 0 Å². The number of rotatable bonds is 7. The van der Waals surface area contributed by atoms with Crippen LogP contribution in [-0.4, -0.2) is 22.6 Å². The molecule has 1 aliphatic rings. The predicted molar refractivity (Wildman–Crippen MR) is 80.5 cm³/mol. The van der Waals surface area contributed by atoms with Crippen LogP contribution in [-0.2, 0) is 12.8 Å². The standard InChI is InChI=1S/C16H24N2O2/c1-2-3-4-7-10-17-15-13(16(19)20)11-12-8-5-6-9-14(12)18-15/h11H,2-10H2,1H3,(H,17,18)(H,19,20). The summed E-state index contributed by atoms with van der Waals surface area (Å²) in [6.07, 6.45) is 8.89. The molecule has 0 atom stereocenters. The van der Waals surface area contributed by atoms with Gasteiger partial charge >= 0.3 is 5.97 Å². The monoisotopic (exact) mass is 276 g/mol. The van der Waals surface area contributed by atoms with E-state index in [4.69, 9.17) is 0 Å². The molecule has 110 valence electrons. The van der Waals surface area contributed by atoms with Crippen LogP contribution in [0.25, 0.3) is 0 Å². The van der Waals surface area contributed by atoms with Crippen LogP contribution >= 0.6 is 0 Å². The van der Waals surface area contributed by atoms with E-state index in [0.29, 0.717) is 11.4 Å². The number of anilines is 1. The number of hydrogen-bond donors (Lipinski definition) is 2. The zero-order valence-corrected chi connectivity index (χ0v) is 12.2. The smallest absolute Gasteiger partial charge is 0.339 e. The van der Waals surface area contributed by atoms with Crippen molar-refractivity contribution in [3.05, 3.63) is 22.9 Å². The Kier molecular flexibility index (Phi) is 5.39. The van der Waals surface area contributed by atoms with Crippen LogP contribution in [0.5, 0.6) is 0 Å². The lowest BCUT2D eigenvalue weighted by atomic mass is 9.94. The number of aromatic nitrogens is 1. The summed E-state index contributed by atoms with van der Waals surface area (Å²) < 4.78 is 0. The third-order valence-corrected chi connectivity index (χ3v) is 3.85. The molecule has 1 heterocycles. The molecule has 4 nitrogen and oxygen atoms in total. The number of hydrogen-bond acceptors (Lipinski definition) is 3. The minimum atomic E-state index is -0.887. The molecule has 0 spiro atoms. The first-order valence-electron chi connectivity index (χ1n) is 7.72. The Labute approximate surface area is 120 Å². The zero-order chi connectivity index (χ0) is 14.4. The third-order valence-electron chi connectivity index (χ3n) is 3.85. The van der Waals surface area contributed by atoms with Crippen molar-refractivity contribution in [2.24, 2.45) is 0 Å². The van der Waals surface area contributed by atoms with Crippen molar-refractivity contribution in [2.45, 2.75) is 58.3 Å². The summed E-state index contributed by atoms with van der Waals surface area (Å²) in [5, 5.41) is 12.5. The number of carbonyl (C=O) groups is 1. The molecular weight excluding hydrogens is 252 g/mol. The largest absolute Gasteiger partial charge is 0.478 e. The molecule has 0 saturated carbocycles. The molecule has 1 aliphatic carbocycles. The minimum Gasteiger partial charge on any atom is -0.478 e. The number of carboxylic acids is 1. The van der Waals surface area contributed by atoms with Crippen LogP contribution in [0.1, 0.15) is 67.1 Å². The molecule has 1 aromatic rings. The molecular formula is C16H24N2O2.